The molecule has 0 heterocycles. The van der Waals surface area contributed by atoms with Crippen LogP contribution in [-0.4, -0.2) is 0 Å². The van der Waals surface area contributed by atoms with Gasteiger partial charge in [0, 0.05) is 0 Å². The van der Waals surface area contributed by atoms with Crippen LogP contribution in [0.1, 0.15) is 353 Å². The zero-order valence-electron chi connectivity index (χ0n) is 56.3. The van der Waals surface area contributed by atoms with E-state index in [0.29, 0.717) is 0 Å². The Morgan fingerprint density at radius 1 is 0.367 bits per heavy atom. The van der Waals surface area contributed by atoms with E-state index in [0.717, 1.165) is 23.7 Å². The minimum absolute atomic E-state index is 0. The van der Waals surface area contributed by atoms with Gasteiger partial charge in [-0.1, -0.05) is 360 Å². The third-order valence-corrected chi connectivity index (χ3v) is 11.1. The van der Waals surface area contributed by atoms with Gasteiger partial charge in [-0.3, -0.25) is 0 Å². The second-order valence-corrected chi connectivity index (χ2v) is 18.3. The Balaban J connectivity index is -0.0000000434. The molecular weight excluding hydrogens is 1030 g/mol. The van der Waals surface area contributed by atoms with Crippen LogP contribution in [0.15, 0.2) is 78.9 Å². The number of hydrogen-bond donors (Lipinski definition) is 0. The SMILES string of the molecule is C.C.C.C.CC.CC.CC.CC.CC.CC.CC1CCCCC1.CC1CC[CH-]CC1.CC1CC[CH-]CC1.CCC.CCC.CCC1CCCCC1.CCCCC.Cc1cc[c-]cc1.Cc1cc[c-]cc1.Cc1ccccc1.[V+2].[V+2]. The van der Waals surface area contributed by atoms with Gasteiger partial charge in [-0.2, -0.15) is 97.5 Å². The third kappa shape index (κ3) is 124. The van der Waals surface area contributed by atoms with E-state index in [-0.39, 0.29) is 66.8 Å². The summed E-state index contributed by atoms with van der Waals surface area (Å²) in [6, 6.07) is 31.9. The second-order valence-electron chi connectivity index (χ2n) is 18.3. The minimum atomic E-state index is 0. The molecule has 0 spiro atoms. The number of benzene rings is 3. The zero-order valence-corrected chi connectivity index (χ0v) is 59.1. The Morgan fingerprint density at radius 3 is 0.734 bits per heavy atom. The molecule has 7 rings (SSSR count). The maximum Gasteiger partial charge on any atom is 2.00 e. The molecule has 0 amide bonds. The summed E-state index contributed by atoms with van der Waals surface area (Å²) < 4.78 is 0. The maximum absolute atomic E-state index is 2.93. The average molecular weight is 1190 g/mol. The van der Waals surface area contributed by atoms with Gasteiger partial charge in [0.2, 0.25) is 0 Å². The Bertz CT molecular complexity index is 1010. The standard InChI is InChI=1S/C8H16.C7H14.2C7H13.C7H8.2C7H7.C5H12.2C3H8.6C2H6.4CH4.2V/c1-2-8-6-4-3-5-7-8;6*1-7-5-3-2-4-6-7;1-3-5-4-2;2*1-3-2;6*1-2;;;;;;/h8H,2-7H2,1H3;7H,2-6H2,1H3;2*2,7H,3-6H2,1H3;2-6H,1H3;2*3-6H,1H3;3-5H2,1-2H3;2*3H2,1-2H3;6*1-2H3;4*1H4;;/q;;2*-1;;2*-1;;;;;;;;;;;;;;2*+2. The summed E-state index contributed by atoms with van der Waals surface area (Å²) in [5, 5.41) is 0. The summed E-state index contributed by atoms with van der Waals surface area (Å²) in [7, 11) is 0. The first-order valence-corrected chi connectivity index (χ1v) is 32.0. The summed E-state index contributed by atoms with van der Waals surface area (Å²) in [6.45, 7) is 52.5. The van der Waals surface area contributed by atoms with Crippen molar-refractivity contribution < 1.29 is 37.1 Å². The van der Waals surface area contributed by atoms with E-state index >= 15 is 0 Å². The first kappa shape index (κ1) is 116. The van der Waals surface area contributed by atoms with Crippen LogP contribution in [0, 0.1) is 69.4 Å². The van der Waals surface area contributed by atoms with Crippen molar-refractivity contribution in [1.82, 2.24) is 0 Å². The summed E-state index contributed by atoms with van der Waals surface area (Å²) in [5.41, 5.74) is 3.90. The molecule has 0 saturated heterocycles. The molecule has 4 aliphatic carbocycles. The Morgan fingerprint density at radius 2 is 0.608 bits per heavy atom. The quantitative estimate of drug-likeness (QED) is 0.229. The number of unbranched alkanes of at least 4 members (excludes halogenated alkanes) is 2. The molecule has 0 atom stereocenters. The van der Waals surface area contributed by atoms with Gasteiger partial charge >= 0.3 is 37.1 Å². The molecule has 0 bridgehead atoms. The predicted molar refractivity (Wildman–Crippen MR) is 376 cm³/mol. The molecule has 0 unspecified atom stereocenters. The normalized spacial score (nSPS) is 12.9. The first-order valence-electron chi connectivity index (χ1n) is 32.0. The molecule has 3 aromatic rings. The van der Waals surface area contributed by atoms with Crippen molar-refractivity contribution in [3.05, 3.63) is 121 Å². The fourth-order valence-electron chi connectivity index (χ4n) is 6.92. The number of rotatable bonds is 3. The molecule has 4 aliphatic rings. The van der Waals surface area contributed by atoms with Crippen LogP contribution in [0.2, 0.25) is 0 Å². The van der Waals surface area contributed by atoms with Crippen LogP contribution in [0.25, 0.3) is 0 Å². The van der Waals surface area contributed by atoms with Crippen molar-refractivity contribution in [2.75, 3.05) is 0 Å². The molecule has 2 radical (unpaired) electrons. The first-order chi connectivity index (χ1) is 35.5. The Labute approximate surface area is 534 Å². The summed E-state index contributed by atoms with van der Waals surface area (Å²) in [4.78, 5) is 0. The molecular formula is C77H158V2. The molecule has 3 aromatic carbocycles. The largest absolute Gasteiger partial charge is 2.00 e. The van der Waals surface area contributed by atoms with Crippen molar-refractivity contribution in [3.8, 4) is 0 Å². The van der Waals surface area contributed by atoms with Gasteiger partial charge in [0.1, 0.15) is 0 Å². The molecule has 0 N–H and O–H groups in total. The summed E-state index contributed by atoms with van der Waals surface area (Å²) in [5.74, 6) is 4.13. The molecule has 2 heteroatoms. The van der Waals surface area contributed by atoms with E-state index in [1.54, 1.807) is 0 Å². The maximum atomic E-state index is 2.93. The van der Waals surface area contributed by atoms with E-state index < -0.39 is 0 Å². The van der Waals surface area contributed by atoms with Gasteiger partial charge in [-0.25, -0.2) is 0 Å². The van der Waals surface area contributed by atoms with E-state index in [2.05, 4.69) is 127 Å². The van der Waals surface area contributed by atoms with Gasteiger partial charge < -0.3 is 12.8 Å². The van der Waals surface area contributed by atoms with Gasteiger partial charge in [0.15, 0.2) is 0 Å². The Hall–Kier alpha value is -1.17. The number of aryl methyl sites for hydroxylation is 3. The van der Waals surface area contributed by atoms with Gasteiger partial charge in [0.25, 0.3) is 0 Å². The van der Waals surface area contributed by atoms with Crippen molar-refractivity contribution in [3.63, 3.8) is 0 Å². The van der Waals surface area contributed by atoms with Crippen molar-refractivity contribution in [2.24, 2.45) is 23.7 Å². The zero-order chi connectivity index (χ0) is 58.0. The van der Waals surface area contributed by atoms with Crippen LogP contribution in [0.3, 0.4) is 0 Å². The molecule has 476 valence electrons. The Kier molecular flexibility index (Phi) is 176. The van der Waals surface area contributed by atoms with Crippen LogP contribution in [0.4, 0.5) is 0 Å². The van der Waals surface area contributed by atoms with E-state index in [1.807, 2.05) is 150 Å². The van der Waals surface area contributed by atoms with Crippen molar-refractivity contribution >= 4 is 0 Å². The van der Waals surface area contributed by atoms with Crippen LogP contribution >= 0.6 is 0 Å². The molecule has 4 saturated carbocycles. The summed E-state index contributed by atoms with van der Waals surface area (Å²) >= 11 is 0. The van der Waals surface area contributed by atoms with Gasteiger partial charge in [0.05, 0.1) is 0 Å². The van der Waals surface area contributed by atoms with E-state index in [9.17, 15) is 0 Å². The van der Waals surface area contributed by atoms with E-state index in [4.69, 9.17) is 0 Å². The smallest absolute Gasteiger partial charge is 0.328 e. The monoisotopic (exact) mass is 1190 g/mol. The van der Waals surface area contributed by atoms with Crippen molar-refractivity contribution in [1.29, 1.82) is 0 Å². The van der Waals surface area contributed by atoms with Crippen LogP contribution < -0.4 is 0 Å². The molecule has 0 aromatic heterocycles. The molecule has 79 heavy (non-hydrogen) atoms. The predicted octanol–water partition coefficient (Wildman–Crippen LogP) is 29.7. The summed E-state index contributed by atoms with van der Waals surface area (Å²) in [6.07, 6.45) is 38.9. The topological polar surface area (TPSA) is 0 Å². The second kappa shape index (κ2) is 119. The van der Waals surface area contributed by atoms with Crippen molar-refractivity contribution in [2.45, 2.75) is 357 Å². The minimum Gasteiger partial charge on any atom is -0.328 e. The fraction of sp³-hybridized carbons (Fsp3) is 0.740. The van der Waals surface area contributed by atoms with Crippen LogP contribution in [0.5, 0.6) is 0 Å². The molecule has 4 fully saturated rings. The fourth-order valence-corrected chi connectivity index (χ4v) is 6.92. The van der Waals surface area contributed by atoms with Crippen LogP contribution in [-0.2, 0) is 37.1 Å². The van der Waals surface area contributed by atoms with Gasteiger partial charge in [-0.05, 0) is 30.6 Å². The molecule has 0 nitrogen and oxygen atoms in total. The molecule has 0 aliphatic heterocycles. The average Bonchev–Trinajstić information content (AvgIpc) is 3.45. The third-order valence-electron chi connectivity index (χ3n) is 11.1. The number of hydrogen-bond acceptors (Lipinski definition) is 0. The van der Waals surface area contributed by atoms with Gasteiger partial charge in [-0.15, -0.1) is 0 Å². The van der Waals surface area contributed by atoms with E-state index in [1.165, 1.54) is 171 Å².